The molecule has 2 aliphatic rings. The van der Waals surface area contributed by atoms with Crippen molar-refractivity contribution >= 4 is 12.3 Å². The second-order valence-corrected chi connectivity index (χ2v) is 6.01. The van der Waals surface area contributed by atoms with Crippen molar-refractivity contribution in [3.63, 3.8) is 0 Å². The molecule has 0 heterocycles. The Labute approximate surface area is 102 Å². The first-order chi connectivity index (χ1) is 7.92. The van der Waals surface area contributed by atoms with Gasteiger partial charge in [0.05, 0.1) is 5.41 Å². The van der Waals surface area contributed by atoms with Crippen molar-refractivity contribution in [1.82, 2.24) is 0 Å². The zero-order valence-corrected chi connectivity index (χ0v) is 10.5. The summed E-state index contributed by atoms with van der Waals surface area (Å²) in [5, 5.41) is 9.48. The van der Waals surface area contributed by atoms with Gasteiger partial charge in [0.25, 0.3) is 0 Å². The molecule has 0 radical (unpaired) electrons. The molecule has 0 aromatic heterocycles. The molecule has 1 N–H and O–H groups in total. The van der Waals surface area contributed by atoms with Gasteiger partial charge in [-0.15, -0.1) is 0 Å². The number of hydrogen-bond acceptors (Lipinski definition) is 2. The van der Waals surface area contributed by atoms with Gasteiger partial charge in [-0.3, -0.25) is 9.59 Å². The number of carbonyl (C=O) groups is 2. The molecule has 0 spiro atoms. The van der Waals surface area contributed by atoms with Crippen LogP contribution >= 0.6 is 0 Å². The molecule has 1 unspecified atom stereocenters. The predicted octanol–water partition coefficient (Wildman–Crippen LogP) is 2.80. The topological polar surface area (TPSA) is 54.4 Å². The van der Waals surface area contributed by atoms with E-state index in [2.05, 4.69) is 6.92 Å². The second kappa shape index (κ2) is 3.97. The molecule has 3 atom stereocenters. The van der Waals surface area contributed by atoms with E-state index in [4.69, 9.17) is 0 Å². The number of allylic oxidation sites excluding steroid dienone is 2. The molecule has 0 amide bonds. The molecule has 3 nitrogen and oxygen atoms in total. The van der Waals surface area contributed by atoms with Gasteiger partial charge in [-0.2, -0.15) is 0 Å². The minimum absolute atomic E-state index is 0.111. The Kier molecular flexibility index (Phi) is 2.88. The molecule has 0 aliphatic heterocycles. The van der Waals surface area contributed by atoms with Crippen LogP contribution in [0.2, 0.25) is 0 Å². The molecule has 2 aliphatic carbocycles. The maximum atomic E-state index is 11.5. The molecule has 3 heteroatoms. The van der Waals surface area contributed by atoms with Crippen LogP contribution in [0, 0.1) is 16.7 Å². The van der Waals surface area contributed by atoms with Gasteiger partial charge in [0.15, 0.2) is 0 Å². The van der Waals surface area contributed by atoms with Crippen molar-refractivity contribution in [2.75, 3.05) is 0 Å². The first kappa shape index (κ1) is 12.3. The van der Waals surface area contributed by atoms with E-state index in [1.807, 2.05) is 13.0 Å². The summed E-state index contributed by atoms with van der Waals surface area (Å²) in [6.07, 6.45) is 7.20. The van der Waals surface area contributed by atoms with Crippen molar-refractivity contribution in [1.29, 1.82) is 0 Å². The van der Waals surface area contributed by atoms with Crippen molar-refractivity contribution in [3.05, 3.63) is 11.6 Å². The second-order valence-electron chi connectivity index (χ2n) is 6.01. The van der Waals surface area contributed by atoms with Gasteiger partial charge in [0, 0.05) is 0 Å². The average Bonchev–Trinajstić information content (AvgIpc) is 2.27. The third kappa shape index (κ3) is 1.81. The highest BCUT2D eigenvalue weighted by atomic mass is 16.4. The number of rotatable bonds is 2. The summed E-state index contributed by atoms with van der Waals surface area (Å²) >= 11 is 0. The van der Waals surface area contributed by atoms with E-state index < -0.39 is 11.4 Å². The van der Waals surface area contributed by atoms with E-state index >= 15 is 0 Å². The van der Waals surface area contributed by atoms with Crippen LogP contribution in [0.25, 0.3) is 0 Å². The molecule has 94 valence electrons. The molecule has 1 fully saturated rings. The van der Waals surface area contributed by atoms with Crippen LogP contribution in [0.15, 0.2) is 11.6 Å². The molecular formula is C14H20O3. The van der Waals surface area contributed by atoms with E-state index in [1.54, 1.807) is 0 Å². The minimum Gasteiger partial charge on any atom is -0.481 e. The Balaban J connectivity index is 2.40. The first-order valence-electron chi connectivity index (χ1n) is 6.33. The third-order valence-corrected chi connectivity index (χ3v) is 4.85. The maximum absolute atomic E-state index is 11.5. The van der Waals surface area contributed by atoms with Gasteiger partial charge in [-0.1, -0.05) is 19.4 Å². The van der Waals surface area contributed by atoms with Gasteiger partial charge < -0.3 is 5.11 Å². The molecule has 0 aromatic carbocycles. The van der Waals surface area contributed by atoms with E-state index in [0.717, 1.165) is 44.0 Å². The van der Waals surface area contributed by atoms with Gasteiger partial charge in [-0.05, 0) is 49.5 Å². The zero-order chi connectivity index (χ0) is 12.7. The van der Waals surface area contributed by atoms with Gasteiger partial charge in [0.2, 0.25) is 0 Å². The highest BCUT2D eigenvalue weighted by Crippen LogP contribution is 2.56. The summed E-state index contributed by atoms with van der Waals surface area (Å²) in [6, 6.07) is 0. The number of aldehydes is 1. The molecular weight excluding hydrogens is 216 g/mol. The predicted molar refractivity (Wildman–Crippen MR) is 64.6 cm³/mol. The van der Waals surface area contributed by atoms with Crippen molar-refractivity contribution < 1.29 is 14.7 Å². The number of carbonyl (C=O) groups excluding carboxylic acids is 1. The normalized spacial score (nSPS) is 41.3. The first-order valence-corrected chi connectivity index (χ1v) is 6.33. The lowest BCUT2D eigenvalue weighted by atomic mass is 9.52. The number of carboxylic acids is 1. The monoisotopic (exact) mass is 236 g/mol. The highest BCUT2D eigenvalue weighted by molar-refractivity contribution is 5.76. The lowest BCUT2D eigenvalue weighted by Gasteiger charge is -2.51. The van der Waals surface area contributed by atoms with Crippen molar-refractivity contribution in [2.24, 2.45) is 16.7 Å². The molecule has 17 heavy (non-hydrogen) atoms. The Morgan fingerprint density at radius 2 is 2.18 bits per heavy atom. The Morgan fingerprint density at radius 3 is 2.76 bits per heavy atom. The summed E-state index contributed by atoms with van der Waals surface area (Å²) in [5.74, 6) is -0.527. The smallest absolute Gasteiger partial charge is 0.309 e. The molecule has 0 saturated heterocycles. The summed E-state index contributed by atoms with van der Waals surface area (Å²) in [5.41, 5.74) is 0.107. The standard InChI is InChI=1S/C14H20O3/c1-13-6-3-7-14(2,12(16)17)11(13)5-4-10(8-13)9-15/h8-9,11H,3-7H2,1-2H3,(H,16,17)/t11?,13-,14+/m1/s1. The summed E-state index contributed by atoms with van der Waals surface area (Å²) in [6.45, 7) is 3.98. The summed E-state index contributed by atoms with van der Waals surface area (Å²) in [7, 11) is 0. The Morgan fingerprint density at radius 1 is 1.47 bits per heavy atom. The number of carboxylic acid groups (broad SMARTS) is 1. The molecule has 1 saturated carbocycles. The number of hydrogen-bond donors (Lipinski definition) is 1. The van der Waals surface area contributed by atoms with Crippen molar-refractivity contribution in [3.8, 4) is 0 Å². The fraction of sp³-hybridized carbons (Fsp3) is 0.714. The lowest BCUT2D eigenvalue weighted by molar-refractivity contribution is -0.158. The van der Waals surface area contributed by atoms with Crippen LogP contribution in [-0.2, 0) is 9.59 Å². The SMILES string of the molecule is C[C@@]12C=C(C=O)CCC1[C@@](C)(C(=O)O)CCC2. The Hall–Kier alpha value is -1.12. The van der Waals surface area contributed by atoms with Crippen LogP contribution in [0.5, 0.6) is 0 Å². The van der Waals surface area contributed by atoms with Gasteiger partial charge in [0.1, 0.15) is 6.29 Å². The highest BCUT2D eigenvalue weighted by Gasteiger charge is 2.52. The van der Waals surface area contributed by atoms with Gasteiger partial charge >= 0.3 is 5.97 Å². The third-order valence-electron chi connectivity index (χ3n) is 4.85. The van der Waals surface area contributed by atoms with Crippen molar-refractivity contribution in [2.45, 2.75) is 46.0 Å². The number of aliphatic carboxylic acids is 1. The minimum atomic E-state index is -0.684. The lowest BCUT2D eigenvalue weighted by Crippen LogP contribution is -2.48. The molecule has 0 bridgehead atoms. The average molecular weight is 236 g/mol. The fourth-order valence-electron chi connectivity index (χ4n) is 3.89. The van der Waals surface area contributed by atoms with E-state index in [1.165, 1.54) is 0 Å². The van der Waals surface area contributed by atoms with Crippen LogP contribution < -0.4 is 0 Å². The maximum Gasteiger partial charge on any atom is 0.309 e. The van der Waals surface area contributed by atoms with Crippen LogP contribution in [-0.4, -0.2) is 17.4 Å². The van der Waals surface area contributed by atoms with Crippen LogP contribution in [0.1, 0.15) is 46.0 Å². The zero-order valence-electron chi connectivity index (χ0n) is 10.5. The van der Waals surface area contributed by atoms with E-state index in [0.29, 0.717) is 0 Å². The van der Waals surface area contributed by atoms with Crippen LogP contribution in [0.3, 0.4) is 0 Å². The Bertz CT molecular complexity index is 385. The van der Waals surface area contributed by atoms with E-state index in [9.17, 15) is 14.7 Å². The molecule has 0 aromatic rings. The van der Waals surface area contributed by atoms with E-state index in [-0.39, 0.29) is 11.3 Å². The van der Waals surface area contributed by atoms with Crippen LogP contribution in [0.4, 0.5) is 0 Å². The summed E-state index contributed by atoms with van der Waals surface area (Å²) in [4.78, 5) is 22.4. The number of fused-ring (bicyclic) bond motifs is 1. The van der Waals surface area contributed by atoms with Gasteiger partial charge in [-0.25, -0.2) is 0 Å². The molecule has 2 rings (SSSR count). The largest absolute Gasteiger partial charge is 0.481 e. The summed E-state index contributed by atoms with van der Waals surface area (Å²) < 4.78 is 0. The fourth-order valence-corrected chi connectivity index (χ4v) is 3.89. The quantitative estimate of drug-likeness (QED) is 0.750.